The first kappa shape index (κ1) is 14.3. The molecule has 1 saturated heterocycles. The Morgan fingerprint density at radius 2 is 1.82 bits per heavy atom. The molecule has 0 spiro atoms. The van der Waals surface area contributed by atoms with Gasteiger partial charge in [-0.25, -0.2) is 5.01 Å². The third-order valence-electron chi connectivity index (χ3n) is 1.93. The molecule has 0 amide bonds. The molecule has 0 aromatic heterocycles. The van der Waals surface area contributed by atoms with Crippen molar-refractivity contribution in [2.24, 2.45) is 5.84 Å². The highest BCUT2D eigenvalue weighted by Crippen LogP contribution is 2.17. The Kier molecular flexibility index (Phi) is 6.97. The summed E-state index contributed by atoms with van der Waals surface area (Å²) in [6.45, 7) is 5.93. The van der Waals surface area contributed by atoms with Crippen LogP contribution in [-0.4, -0.2) is 25.8 Å². The topological polar surface area (TPSA) is 29.3 Å². The van der Waals surface area contributed by atoms with Crippen LogP contribution in [0.1, 0.15) is 6.42 Å². The van der Waals surface area contributed by atoms with Crippen molar-refractivity contribution in [2.75, 3.05) is 12.7 Å². The van der Waals surface area contributed by atoms with Crippen LogP contribution >= 0.6 is 24.8 Å². The molecule has 1 aliphatic heterocycles. The second-order valence-corrected chi connectivity index (χ2v) is 8.88. The van der Waals surface area contributed by atoms with Crippen molar-refractivity contribution in [1.29, 1.82) is 0 Å². The summed E-state index contributed by atoms with van der Waals surface area (Å²) in [4.78, 5) is 0. The predicted octanol–water partition coefficient (Wildman–Crippen LogP) is 1.66. The minimum absolute atomic E-state index is 0. The van der Waals surface area contributed by atoms with E-state index in [1.807, 2.05) is 5.01 Å². The van der Waals surface area contributed by atoms with Gasteiger partial charge in [-0.2, -0.15) is 0 Å². The number of nitrogens with two attached hydrogens (primary N) is 1. The van der Waals surface area contributed by atoms with E-state index in [-0.39, 0.29) is 24.8 Å². The van der Waals surface area contributed by atoms with Crippen molar-refractivity contribution in [3.8, 4) is 0 Å². The Bertz CT molecular complexity index is 111. The second kappa shape index (κ2) is 5.38. The lowest BCUT2D eigenvalue weighted by atomic mass is 10.5. The lowest BCUT2D eigenvalue weighted by molar-refractivity contribution is 0.309. The minimum atomic E-state index is -0.853. The molecule has 0 aliphatic carbocycles. The summed E-state index contributed by atoms with van der Waals surface area (Å²) in [5.74, 6) is 5.68. The maximum absolute atomic E-state index is 5.68. The van der Waals surface area contributed by atoms with E-state index in [1.54, 1.807) is 0 Å². The molecule has 0 saturated carbocycles. The second-order valence-electron chi connectivity index (χ2n) is 3.74. The van der Waals surface area contributed by atoms with E-state index in [0.717, 1.165) is 6.54 Å². The van der Waals surface area contributed by atoms with Crippen LogP contribution in [0.15, 0.2) is 0 Å². The van der Waals surface area contributed by atoms with Crippen LogP contribution in [0.3, 0.4) is 0 Å². The van der Waals surface area contributed by atoms with Crippen molar-refractivity contribution < 1.29 is 0 Å². The molecule has 0 atom stereocenters. The Hall–Kier alpha value is 0.717. The summed E-state index contributed by atoms with van der Waals surface area (Å²) in [6, 6.07) is 1.46. The molecule has 1 fully saturated rings. The molecule has 1 rings (SSSR count). The fraction of sp³-hybridized carbons (Fsp3) is 1.00. The number of rotatable bonds is 0. The van der Waals surface area contributed by atoms with E-state index in [1.165, 1.54) is 18.6 Å². The molecular formula is C6H18Cl2N2Si. The lowest BCUT2D eigenvalue weighted by Crippen LogP contribution is -2.50. The van der Waals surface area contributed by atoms with Crippen molar-refractivity contribution in [3.63, 3.8) is 0 Å². The van der Waals surface area contributed by atoms with Crippen LogP contribution in [0, 0.1) is 0 Å². The summed E-state index contributed by atoms with van der Waals surface area (Å²) < 4.78 is 0. The predicted molar refractivity (Wildman–Crippen MR) is 57.2 cm³/mol. The highest BCUT2D eigenvalue weighted by molar-refractivity contribution is 6.77. The fourth-order valence-corrected chi connectivity index (χ4v) is 4.00. The summed E-state index contributed by atoms with van der Waals surface area (Å²) in [5.41, 5.74) is 0. The monoisotopic (exact) mass is 216 g/mol. The van der Waals surface area contributed by atoms with Gasteiger partial charge in [-0.3, -0.25) is 5.84 Å². The summed E-state index contributed by atoms with van der Waals surface area (Å²) in [6.07, 6.45) is 2.50. The Balaban J connectivity index is 0. The Morgan fingerprint density at radius 1 is 1.27 bits per heavy atom. The molecule has 11 heavy (non-hydrogen) atoms. The zero-order valence-corrected chi connectivity index (χ0v) is 9.80. The summed E-state index contributed by atoms with van der Waals surface area (Å²) >= 11 is 0. The zero-order chi connectivity index (χ0) is 6.91. The first-order valence-electron chi connectivity index (χ1n) is 3.60. The lowest BCUT2D eigenvalue weighted by Gasteiger charge is -2.33. The normalized spacial score (nSPS) is 23.2. The first-order chi connectivity index (χ1) is 4.10. The largest absolute Gasteiger partial charge is 0.269 e. The molecule has 0 unspecified atom stereocenters. The van der Waals surface area contributed by atoms with Crippen molar-refractivity contribution in [1.82, 2.24) is 5.01 Å². The van der Waals surface area contributed by atoms with E-state index in [0.29, 0.717) is 0 Å². The quantitative estimate of drug-likeness (QED) is 0.494. The van der Waals surface area contributed by atoms with E-state index in [9.17, 15) is 0 Å². The van der Waals surface area contributed by atoms with Crippen molar-refractivity contribution >= 4 is 32.9 Å². The van der Waals surface area contributed by atoms with Crippen molar-refractivity contribution in [3.05, 3.63) is 0 Å². The molecule has 1 heterocycles. The minimum Gasteiger partial charge on any atom is -0.269 e. The molecule has 1 aliphatic rings. The Labute approximate surface area is 82.3 Å². The zero-order valence-electron chi connectivity index (χ0n) is 7.17. The molecule has 2 nitrogen and oxygen atoms in total. The number of hydrogen-bond donors (Lipinski definition) is 1. The smallest absolute Gasteiger partial charge is 0.0648 e. The number of halogens is 2. The van der Waals surface area contributed by atoms with Gasteiger partial charge in [0, 0.05) is 12.7 Å². The van der Waals surface area contributed by atoms with Gasteiger partial charge in [0.1, 0.15) is 0 Å². The van der Waals surface area contributed by atoms with Gasteiger partial charge in [-0.1, -0.05) is 19.1 Å². The number of hydrogen-bond acceptors (Lipinski definition) is 2. The maximum atomic E-state index is 5.68. The third kappa shape index (κ3) is 5.04. The van der Waals surface area contributed by atoms with Crippen LogP contribution in [0.5, 0.6) is 0 Å². The van der Waals surface area contributed by atoms with E-state index in [4.69, 9.17) is 5.84 Å². The molecule has 5 heteroatoms. The molecule has 0 aromatic carbocycles. The van der Waals surface area contributed by atoms with Crippen LogP contribution in [0.25, 0.3) is 0 Å². The van der Waals surface area contributed by atoms with Crippen LogP contribution < -0.4 is 5.84 Å². The van der Waals surface area contributed by atoms with Gasteiger partial charge in [0.15, 0.2) is 0 Å². The Morgan fingerprint density at radius 3 is 2.09 bits per heavy atom. The van der Waals surface area contributed by atoms with E-state index >= 15 is 0 Å². The molecule has 70 valence electrons. The third-order valence-corrected chi connectivity index (χ3v) is 4.90. The highest BCUT2D eigenvalue weighted by atomic mass is 35.5. The average molecular weight is 217 g/mol. The van der Waals surface area contributed by atoms with E-state index in [2.05, 4.69) is 13.1 Å². The maximum Gasteiger partial charge on any atom is 0.0648 e. The molecular weight excluding hydrogens is 199 g/mol. The SMILES string of the molecule is C[Si]1(C)CCCN(N)C1.Cl.Cl. The average Bonchev–Trinajstić information content (AvgIpc) is 1.60. The van der Waals surface area contributed by atoms with Gasteiger partial charge in [-0.05, 0) is 6.42 Å². The van der Waals surface area contributed by atoms with Gasteiger partial charge in [0.05, 0.1) is 8.07 Å². The molecule has 0 aromatic rings. The molecule has 0 radical (unpaired) electrons. The van der Waals surface area contributed by atoms with E-state index < -0.39 is 8.07 Å². The van der Waals surface area contributed by atoms with Crippen LogP contribution in [0.4, 0.5) is 0 Å². The van der Waals surface area contributed by atoms with Crippen LogP contribution in [-0.2, 0) is 0 Å². The number of nitrogens with zero attached hydrogens (tertiary/aromatic N) is 1. The van der Waals surface area contributed by atoms with Gasteiger partial charge in [0.25, 0.3) is 0 Å². The summed E-state index contributed by atoms with van der Waals surface area (Å²) in [7, 11) is -0.853. The standard InChI is InChI=1S/C6H16N2Si.2ClH/c1-9(2)5-3-4-8(7)6-9;;/h3-7H2,1-2H3;2*1H. The first-order valence-corrected chi connectivity index (χ1v) is 7.01. The van der Waals surface area contributed by atoms with Gasteiger partial charge >= 0.3 is 0 Å². The fourth-order valence-electron chi connectivity index (χ4n) is 1.47. The summed E-state index contributed by atoms with van der Waals surface area (Å²) in [5, 5.41) is 1.98. The van der Waals surface area contributed by atoms with Gasteiger partial charge in [0.2, 0.25) is 0 Å². The van der Waals surface area contributed by atoms with Crippen molar-refractivity contribution in [2.45, 2.75) is 25.6 Å². The van der Waals surface area contributed by atoms with Gasteiger partial charge < -0.3 is 0 Å². The highest BCUT2D eigenvalue weighted by Gasteiger charge is 2.26. The van der Waals surface area contributed by atoms with Gasteiger partial charge in [-0.15, -0.1) is 24.8 Å². The molecule has 2 N–H and O–H groups in total. The van der Waals surface area contributed by atoms with Crippen LogP contribution in [0.2, 0.25) is 19.1 Å². The number of hydrazine groups is 1. The molecule has 0 bridgehead atoms.